The Hall–Kier alpha value is -2.34. The number of nitrogens with zero attached hydrogens (tertiary/aromatic N) is 2. The van der Waals surface area contributed by atoms with Crippen LogP contribution in [0.1, 0.15) is 29.2 Å². The summed E-state index contributed by atoms with van der Waals surface area (Å²) in [6.07, 6.45) is 2.61. The number of nitrogens with one attached hydrogen (secondary N) is 1. The van der Waals surface area contributed by atoms with Crippen molar-refractivity contribution >= 4 is 5.82 Å². The number of anilines is 1. The van der Waals surface area contributed by atoms with Crippen molar-refractivity contribution in [2.75, 3.05) is 5.32 Å². The molecule has 0 bridgehead atoms. The monoisotopic (exact) mass is 265 g/mol. The minimum absolute atomic E-state index is 0.221. The highest BCUT2D eigenvalue weighted by Crippen LogP contribution is 2.16. The summed E-state index contributed by atoms with van der Waals surface area (Å²) in [5.41, 5.74) is 4.49. The van der Waals surface area contributed by atoms with Crippen molar-refractivity contribution in [3.05, 3.63) is 58.8 Å². The van der Waals surface area contributed by atoms with Gasteiger partial charge >= 0.3 is 0 Å². The van der Waals surface area contributed by atoms with Crippen LogP contribution in [0.25, 0.3) is 0 Å². The first-order valence-electron chi connectivity index (χ1n) is 6.78. The van der Waals surface area contributed by atoms with Crippen molar-refractivity contribution in [2.24, 2.45) is 0 Å². The van der Waals surface area contributed by atoms with Gasteiger partial charge in [0.05, 0.1) is 5.56 Å². The SMILES string of the molecule is Cc1ccc(CC(C)Nc2ncccc2C#N)c(C)c1. The van der Waals surface area contributed by atoms with E-state index in [1.807, 2.05) is 0 Å². The normalized spacial score (nSPS) is 11.7. The molecule has 1 N–H and O–H groups in total. The summed E-state index contributed by atoms with van der Waals surface area (Å²) < 4.78 is 0. The zero-order valence-electron chi connectivity index (χ0n) is 12.1. The molecule has 1 atom stereocenters. The summed E-state index contributed by atoms with van der Waals surface area (Å²) >= 11 is 0. The van der Waals surface area contributed by atoms with Gasteiger partial charge in [-0.2, -0.15) is 5.26 Å². The van der Waals surface area contributed by atoms with Crippen LogP contribution >= 0.6 is 0 Å². The maximum Gasteiger partial charge on any atom is 0.144 e. The van der Waals surface area contributed by atoms with E-state index >= 15 is 0 Å². The lowest BCUT2D eigenvalue weighted by atomic mass is 10.00. The maximum atomic E-state index is 9.07. The van der Waals surface area contributed by atoms with Crippen LogP contribution in [0.15, 0.2) is 36.5 Å². The Labute approximate surface area is 120 Å². The minimum Gasteiger partial charge on any atom is -0.366 e. The number of nitriles is 1. The molecular formula is C17H19N3. The number of aryl methyl sites for hydroxylation is 2. The standard InChI is InChI=1S/C17H19N3/c1-12-6-7-15(13(2)9-12)10-14(3)20-17-16(11-18)5-4-8-19-17/h4-9,14H,10H2,1-3H3,(H,19,20). The lowest BCUT2D eigenvalue weighted by molar-refractivity contribution is 0.779. The molecule has 2 rings (SSSR count). The third kappa shape index (κ3) is 3.36. The van der Waals surface area contributed by atoms with Crippen molar-refractivity contribution in [3.63, 3.8) is 0 Å². The molecule has 2 aromatic rings. The number of hydrogen-bond donors (Lipinski definition) is 1. The van der Waals surface area contributed by atoms with Gasteiger partial charge in [-0.3, -0.25) is 0 Å². The Morgan fingerprint density at radius 1 is 1.30 bits per heavy atom. The Kier molecular flexibility index (Phi) is 4.37. The first-order valence-corrected chi connectivity index (χ1v) is 6.78. The lowest BCUT2D eigenvalue weighted by Gasteiger charge is -2.17. The molecule has 1 aromatic carbocycles. The predicted octanol–water partition coefficient (Wildman–Crippen LogP) is 3.61. The van der Waals surface area contributed by atoms with Crippen molar-refractivity contribution in [3.8, 4) is 6.07 Å². The van der Waals surface area contributed by atoms with Gasteiger partial charge in [0, 0.05) is 12.2 Å². The molecule has 0 aliphatic rings. The topological polar surface area (TPSA) is 48.7 Å². The molecule has 0 saturated carbocycles. The van der Waals surface area contributed by atoms with Crippen molar-refractivity contribution in [2.45, 2.75) is 33.2 Å². The molecule has 0 saturated heterocycles. The van der Waals surface area contributed by atoms with E-state index in [2.05, 4.69) is 55.3 Å². The molecule has 102 valence electrons. The van der Waals surface area contributed by atoms with E-state index in [-0.39, 0.29) is 6.04 Å². The summed E-state index contributed by atoms with van der Waals surface area (Å²) in [6, 6.07) is 12.4. The summed E-state index contributed by atoms with van der Waals surface area (Å²) in [6.45, 7) is 6.34. The summed E-state index contributed by atoms with van der Waals surface area (Å²) in [5.74, 6) is 0.660. The van der Waals surface area contributed by atoms with Crippen LogP contribution < -0.4 is 5.32 Å². The van der Waals surface area contributed by atoms with Gasteiger partial charge in [0.25, 0.3) is 0 Å². The number of aromatic nitrogens is 1. The van der Waals surface area contributed by atoms with Gasteiger partial charge in [0.15, 0.2) is 0 Å². The third-order valence-corrected chi connectivity index (χ3v) is 3.34. The lowest BCUT2D eigenvalue weighted by Crippen LogP contribution is -2.20. The molecular weight excluding hydrogens is 246 g/mol. The first-order chi connectivity index (χ1) is 9.60. The number of benzene rings is 1. The highest BCUT2D eigenvalue weighted by atomic mass is 15.0. The van der Waals surface area contributed by atoms with Crippen molar-refractivity contribution in [1.29, 1.82) is 5.26 Å². The fourth-order valence-electron chi connectivity index (χ4n) is 2.30. The molecule has 1 heterocycles. The maximum absolute atomic E-state index is 9.07. The van der Waals surface area contributed by atoms with Crippen molar-refractivity contribution in [1.82, 2.24) is 4.98 Å². The number of pyridine rings is 1. The van der Waals surface area contributed by atoms with Crippen LogP contribution in [0.4, 0.5) is 5.82 Å². The first kappa shape index (κ1) is 14.1. The Balaban J connectivity index is 2.09. The van der Waals surface area contributed by atoms with E-state index in [9.17, 15) is 0 Å². The molecule has 0 amide bonds. The molecule has 0 aliphatic carbocycles. The van der Waals surface area contributed by atoms with E-state index in [1.54, 1.807) is 18.3 Å². The number of rotatable bonds is 4. The van der Waals surface area contributed by atoms with Gasteiger partial charge in [-0.05, 0) is 50.5 Å². The van der Waals surface area contributed by atoms with Crippen LogP contribution in [0.3, 0.4) is 0 Å². The quantitative estimate of drug-likeness (QED) is 0.918. The molecule has 20 heavy (non-hydrogen) atoms. The average Bonchev–Trinajstić information content (AvgIpc) is 2.42. The fourth-order valence-corrected chi connectivity index (χ4v) is 2.30. The zero-order chi connectivity index (χ0) is 14.5. The van der Waals surface area contributed by atoms with Gasteiger partial charge in [-0.25, -0.2) is 4.98 Å². The highest BCUT2D eigenvalue weighted by molar-refractivity contribution is 5.51. The van der Waals surface area contributed by atoms with Crippen LogP contribution in [0, 0.1) is 25.2 Å². The van der Waals surface area contributed by atoms with Crippen LogP contribution in [-0.4, -0.2) is 11.0 Å². The Morgan fingerprint density at radius 2 is 2.10 bits per heavy atom. The van der Waals surface area contributed by atoms with Gasteiger partial charge < -0.3 is 5.32 Å². The molecule has 3 nitrogen and oxygen atoms in total. The molecule has 1 aromatic heterocycles. The Morgan fingerprint density at radius 3 is 2.80 bits per heavy atom. The van der Waals surface area contributed by atoms with Gasteiger partial charge in [0.2, 0.25) is 0 Å². The van der Waals surface area contributed by atoms with E-state index in [1.165, 1.54) is 16.7 Å². The molecule has 0 spiro atoms. The van der Waals surface area contributed by atoms with Gasteiger partial charge in [-0.15, -0.1) is 0 Å². The molecule has 0 fully saturated rings. The van der Waals surface area contributed by atoms with E-state index in [4.69, 9.17) is 5.26 Å². The number of hydrogen-bond acceptors (Lipinski definition) is 3. The van der Waals surface area contributed by atoms with Crippen LogP contribution in [-0.2, 0) is 6.42 Å². The summed E-state index contributed by atoms with van der Waals surface area (Å²) in [4.78, 5) is 4.23. The van der Waals surface area contributed by atoms with Crippen molar-refractivity contribution < 1.29 is 0 Å². The van der Waals surface area contributed by atoms with Crippen LogP contribution in [0.5, 0.6) is 0 Å². The second kappa shape index (κ2) is 6.21. The predicted molar refractivity (Wildman–Crippen MR) is 81.7 cm³/mol. The largest absolute Gasteiger partial charge is 0.366 e. The van der Waals surface area contributed by atoms with Gasteiger partial charge in [0.1, 0.15) is 11.9 Å². The summed E-state index contributed by atoms with van der Waals surface area (Å²) in [5, 5.41) is 12.4. The second-order valence-corrected chi connectivity index (χ2v) is 5.19. The average molecular weight is 265 g/mol. The van der Waals surface area contributed by atoms with Crippen LogP contribution in [0.2, 0.25) is 0 Å². The summed E-state index contributed by atoms with van der Waals surface area (Å²) in [7, 11) is 0. The van der Waals surface area contributed by atoms with Gasteiger partial charge in [-0.1, -0.05) is 23.8 Å². The van der Waals surface area contributed by atoms with E-state index in [0.29, 0.717) is 11.4 Å². The third-order valence-electron chi connectivity index (χ3n) is 3.34. The molecule has 1 unspecified atom stereocenters. The van der Waals surface area contributed by atoms with E-state index < -0.39 is 0 Å². The highest BCUT2D eigenvalue weighted by Gasteiger charge is 2.09. The molecule has 0 radical (unpaired) electrons. The fraction of sp³-hybridized carbons (Fsp3) is 0.294. The Bertz CT molecular complexity index is 641. The van der Waals surface area contributed by atoms with E-state index in [0.717, 1.165) is 6.42 Å². The molecule has 0 aliphatic heterocycles. The second-order valence-electron chi connectivity index (χ2n) is 5.19. The minimum atomic E-state index is 0.221. The molecule has 3 heteroatoms. The smallest absolute Gasteiger partial charge is 0.144 e. The zero-order valence-corrected chi connectivity index (χ0v) is 12.1.